The Morgan fingerprint density at radius 1 is 1.47 bits per heavy atom. The standard InChI is InChI=1S/C15H21N3O/c1-10-12(3-2-4-17-10)5-11-6-15(7-11)8-13(9-15)18-14(16)19/h2-4,11,13H,5-9H2,1H3,(H3,16,18,19). The number of carbonyl (C=O) groups excluding carboxylic acids is 1. The number of urea groups is 1. The Labute approximate surface area is 113 Å². The van der Waals surface area contributed by atoms with Crippen LogP contribution < -0.4 is 11.1 Å². The molecule has 3 N–H and O–H groups in total. The molecule has 1 spiro atoms. The van der Waals surface area contributed by atoms with Crippen molar-refractivity contribution in [3.8, 4) is 0 Å². The van der Waals surface area contributed by atoms with Gasteiger partial charge < -0.3 is 11.1 Å². The van der Waals surface area contributed by atoms with Crippen molar-refractivity contribution in [3.63, 3.8) is 0 Å². The lowest BCUT2D eigenvalue weighted by atomic mass is 9.49. The summed E-state index contributed by atoms with van der Waals surface area (Å²) >= 11 is 0. The van der Waals surface area contributed by atoms with Crippen LogP contribution in [0.15, 0.2) is 18.3 Å². The van der Waals surface area contributed by atoms with Gasteiger partial charge in [-0.2, -0.15) is 0 Å². The van der Waals surface area contributed by atoms with Gasteiger partial charge in [-0.15, -0.1) is 0 Å². The molecule has 0 atom stereocenters. The summed E-state index contributed by atoms with van der Waals surface area (Å²) in [5.74, 6) is 0.789. The molecule has 19 heavy (non-hydrogen) atoms. The van der Waals surface area contributed by atoms with Crippen molar-refractivity contribution >= 4 is 6.03 Å². The SMILES string of the molecule is Cc1ncccc1CC1CC2(C1)CC(NC(N)=O)C2. The first kappa shape index (κ1) is 12.5. The summed E-state index contributed by atoms with van der Waals surface area (Å²) < 4.78 is 0. The molecule has 2 amide bonds. The van der Waals surface area contributed by atoms with Crippen molar-refractivity contribution in [1.29, 1.82) is 0 Å². The first-order valence-electron chi connectivity index (χ1n) is 7.03. The quantitative estimate of drug-likeness (QED) is 0.873. The summed E-state index contributed by atoms with van der Waals surface area (Å²) in [7, 11) is 0. The second-order valence-electron chi connectivity index (χ2n) is 6.34. The summed E-state index contributed by atoms with van der Waals surface area (Å²) in [6, 6.07) is 4.14. The van der Waals surface area contributed by atoms with Gasteiger partial charge in [-0.05, 0) is 62.0 Å². The van der Waals surface area contributed by atoms with E-state index in [0.717, 1.165) is 30.9 Å². The van der Waals surface area contributed by atoms with Crippen molar-refractivity contribution < 1.29 is 4.79 Å². The van der Waals surface area contributed by atoms with Gasteiger partial charge in [-0.3, -0.25) is 4.98 Å². The maximum absolute atomic E-state index is 10.8. The van der Waals surface area contributed by atoms with E-state index in [1.807, 2.05) is 12.3 Å². The van der Waals surface area contributed by atoms with Crippen LogP contribution in [-0.4, -0.2) is 17.1 Å². The van der Waals surface area contributed by atoms with Crippen LogP contribution in [0.3, 0.4) is 0 Å². The van der Waals surface area contributed by atoms with Gasteiger partial charge in [-0.25, -0.2) is 4.79 Å². The summed E-state index contributed by atoms with van der Waals surface area (Å²) in [5, 5.41) is 2.81. The number of pyridine rings is 1. The van der Waals surface area contributed by atoms with E-state index in [4.69, 9.17) is 5.73 Å². The van der Waals surface area contributed by atoms with Gasteiger partial charge in [0.2, 0.25) is 0 Å². The predicted octanol–water partition coefficient (Wildman–Crippen LogP) is 2.16. The van der Waals surface area contributed by atoms with E-state index in [1.54, 1.807) is 0 Å². The third kappa shape index (κ3) is 2.44. The minimum Gasteiger partial charge on any atom is -0.352 e. The number of hydrogen-bond acceptors (Lipinski definition) is 2. The largest absolute Gasteiger partial charge is 0.352 e. The highest BCUT2D eigenvalue weighted by Crippen LogP contribution is 2.59. The minimum absolute atomic E-state index is 0.318. The maximum atomic E-state index is 10.8. The molecule has 1 aromatic heterocycles. The number of amides is 2. The van der Waals surface area contributed by atoms with Crippen LogP contribution in [0.25, 0.3) is 0 Å². The average molecular weight is 259 g/mol. The second kappa shape index (κ2) is 4.51. The smallest absolute Gasteiger partial charge is 0.312 e. The zero-order valence-electron chi connectivity index (χ0n) is 11.4. The fraction of sp³-hybridized carbons (Fsp3) is 0.600. The van der Waals surface area contributed by atoms with Crippen LogP contribution in [0, 0.1) is 18.3 Å². The molecule has 3 rings (SSSR count). The molecular formula is C15H21N3O. The number of nitrogens with one attached hydrogen (secondary N) is 1. The second-order valence-corrected chi connectivity index (χ2v) is 6.34. The highest BCUT2D eigenvalue weighted by atomic mass is 16.2. The van der Waals surface area contributed by atoms with Crippen LogP contribution in [-0.2, 0) is 6.42 Å². The molecule has 4 nitrogen and oxygen atoms in total. The molecule has 0 radical (unpaired) electrons. The molecule has 0 aliphatic heterocycles. The summed E-state index contributed by atoms with van der Waals surface area (Å²) in [6.07, 6.45) is 7.80. The topological polar surface area (TPSA) is 68.0 Å². The minimum atomic E-state index is -0.387. The fourth-order valence-corrected chi connectivity index (χ4v) is 3.98. The molecule has 1 heterocycles. The predicted molar refractivity (Wildman–Crippen MR) is 73.6 cm³/mol. The summed E-state index contributed by atoms with van der Waals surface area (Å²) in [5.41, 5.74) is 8.19. The van der Waals surface area contributed by atoms with Gasteiger partial charge in [0, 0.05) is 17.9 Å². The van der Waals surface area contributed by atoms with E-state index >= 15 is 0 Å². The van der Waals surface area contributed by atoms with E-state index < -0.39 is 0 Å². The maximum Gasteiger partial charge on any atom is 0.312 e. The van der Waals surface area contributed by atoms with Crippen molar-refractivity contribution in [2.75, 3.05) is 0 Å². The third-order valence-electron chi connectivity index (χ3n) is 4.77. The Balaban J connectivity index is 1.47. The number of rotatable bonds is 3. The zero-order valence-corrected chi connectivity index (χ0v) is 11.4. The van der Waals surface area contributed by atoms with E-state index in [0.29, 0.717) is 11.5 Å². The molecule has 2 aliphatic carbocycles. The normalized spacial score (nSPS) is 32.5. The molecule has 2 saturated carbocycles. The molecule has 4 heteroatoms. The molecular weight excluding hydrogens is 238 g/mol. The molecule has 0 unspecified atom stereocenters. The van der Waals surface area contributed by atoms with Gasteiger partial charge in [-0.1, -0.05) is 6.07 Å². The first-order valence-corrected chi connectivity index (χ1v) is 7.03. The fourth-order valence-electron chi connectivity index (χ4n) is 3.98. The number of aromatic nitrogens is 1. The third-order valence-corrected chi connectivity index (χ3v) is 4.77. The Kier molecular flexibility index (Phi) is 2.96. The Bertz CT molecular complexity index is 486. The van der Waals surface area contributed by atoms with Gasteiger partial charge in [0.05, 0.1) is 0 Å². The van der Waals surface area contributed by atoms with Crippen LogP contribution in [0.4, 0.5) is 4.79 Å². The number of primary amides is 1. The Morgan fingerprint density at radius 2 is 2.21 bits per heavy atom. The monoisotopic (exact) mass is 259 g/mol. The lowest BCUT2D eigenvalue weighted by molar-refractivity contribution is -0.0452. The number of nitrogens with zero attached hydrogens (tertiary/aromatic N) is 1. The van der Waals surface area contributed by atoms with E-state index in [-0.39, 0.29) is 6.03 Å². The van der Waals surface area contributed by atoms with Crippen molar-refractivity contribution in [3.05, 3.63) is 29.6 Å². The molecule has 1 aromatic rings. The molecule has 2 fully saturated rings. The highest BCUT2D eigenvalue weighted by Gasteiger charge is 2.52. The van der Waals surface area contributed by atoms with E-state index in [2.05, 4.69) is 23.3 Å². The van der Waals surface area contributed by atoms with E-state index in [1.165, 1.54) is 18.4 Å². The van der Waals surface area contributed by atoms with Gasteiger partial charge in [0.1, 0.15) is 0 Å². The molecule has 0 saturated heterocycles. The van der Waals surface area contributed by atoms with Gasteiger partial charge in [0.15, 0.2) is 0 Å². The molecule has 0 bridgehead atoms. The lowest BCUT2D eigenvalue weighted by Crippen LogP contribution is -2.57. The van der Waals surface area contributed by atoms with Crippen LogP contribution >= 0.6 is 0 Å². The molecule has 0 aromatic carbocycles. The molecule has 102 valence electrons. The van der Waals surface area contributed by atoms with Crippen molar-refractivity contribution in [2.24, 2.45) is 17.1 Å². The van der Waals surface area contributed by atoms with Crippen molar-refractivity contribution in [2.45, 2.75) is 45.1 Å². The van der Waals surface area contributed by atoms with E-state index in [9.17, 15) is 4.79 Å². The molecule has 2 aliphatic rings. The Morgan fingerprint density at radius 3 is 2.84 bits per heavy atom. The Hall–Kier alpha value is -1.58. The van der Waals surface area contributed by atoms with Crippen LogP contribution in [0.1, 0.15) is 36.9 Å². The zero-order chi connectivity index (χ0) is 13.5. The number of hydrogen-bond donors (Lipinski definition) is 2. The number of aryl methyl sites for hydroxylation is 1. The summed E-state index contributed by atoms with van der Waals surface area (Å²) in [4.78, 5) is 15.1. The highest BCUT2D eigenvalue weighted by molar-refractivity contribution is 5.72. The van der Waals surface area contributed by atoms with Gasteiger partial charge >= 0.3 is 6.03 Å². The van der Waals surface area contributed by atoms with Crippen LogP contribution in [0.5, 0.6) is 0 Å². The van der Waals surface area contributed by atoms with Gasteiger partial charge in [0.25, 0.3) is 0 Å². The average Bonchev–Trinajstić information content (AvgIpc) is 2.25. The summed E-state index contributed by atoms with van der Waals surface area (Å²) in [6.45, 7) is 2.08. The lowest BCUT2D eigenvalue weighted by Gasteiger charge is -2.58. The first-order chi connectivity index (χ1) is 9.06. The van der Waals surface area contributed by atoms with Crippen LogP contribution in [0.2, 0.25) is 0 Å². The number of nitrogens with two attached hydrogens (primary N) is 1. The number of carbonyl (C=O) groups is 1. The van der Waals surface area contributed by atoms with Crippen molar-refractivity contribution in [1.82, 2.24) is 10.3 Å².